The molecule has 0 aliphatic carbocycles. The van der Waals surface area contributed by atoms with Gasteiger partial charge in [0, 0.05) is 38.8 Å². The summed E-state index contributed by atoms with van der Waals surface area (Å²) < 4.78 is 20.7. The van der Waals surface area contributed by atoms with E-state index in [-0.39, 0.29) is 23.5 Å². The molecule has 0 radical (unpaired) electrons. The Morgan fingerprint density at radius 2 is 2.21 bits per heavy atom. The maximum Gasteiger partial charge on any atom is 0.217 e. The second kappa shape index (κ2) is 7.58. The lowest BCUT2D eigenvalue weighted by Gasteiger charge is -2.32. The Bertz CT molecular complexity index is 761. The number of rotatable bonds is 5. The predicted octanol–water partition coefficient (Wildman–Crippen LogP) is 1.33. The first-order chi connectivity index (χ1) is 13.5. The van der Waals surface area contributed by atoms with Crippen LogP contribution in [-0.2, 0) is 14.3 Å². The van der Waals surface area contributed by atoms with Gasteiger partial charge in [0.25, 0.3) is 0 Å². The number of anilines is 2. The fraction of sp³-hybridized carbons (Fsp3) is 0.600. The lowest BCUT2D eigenvalue weighted by molar-refractivity contribution is -0.121. The topological polar surface area (TPSA) is 65.1 Å². The van der Waals surface area contributed by atoms with Crippen LogP contribution in [0.2, 0.25) is 0 Å². The van der Waals surface area contributed by atoms with Crippen molar-refractivity contribution in [3.05, 3.63) is 24.0 Å². The Labute approximate surface area is 164 Å². The summed E-state index contributed by atoms with van der Waals surface area (Å²) in [6.07, 6.45) is 3.53. The van der Waals surface area contributed by atoms with Gasteiger partial charge in [0.15, 0.2) is 0 Å². The van der Waals surface area contributed by atoms with Gasteiger partial charge in [-0.15, -0.1) is 0 Å². The molecular weight excluding hydrogens is 363 g/mol. The number of amides is 2. The quantitative estimate of drug-likeness (QED) is 0.769. The van der Waals surface area contributed by atoms with E-state index < -0.39 is 0 Å². The van der Waals surface area contributed by atoms with Gasteiger partial charge in [-0.1, -0.05) is 0 Å². The van der Waals surface area contributed by atoms with Crippen LogP contribution in [0.1, 0.15) is 26.2 Å². The van der Waals surface area contributed by atoms with Crippen molar-refractivity contribution < 1.29 is 18.7 Å². The number of hydrogen-bond acceptors (Lipinski definition) is 5. The Morgan fingerprint density at radius 3 is 2.96 bits per heavy atom. The van der Waals surface area contributed by atoms with Crippen molar-refractivity contribution in [3.8, 4) is 0 Å². The molecule has 1 spiro atoms. The second-order valence-corrected chi connectivity index (χ2v) is 7.89. The molecule has 3 fully saturated rings. The predicted molar refractivity (Wildman–Crippen MR) is 104 cm³/mol. The van der Waals surface area contributed by atoms with Gasteiger partial charge in [-0.3, -0.25) is 9.59 Å². The van der Waals surface area contributed by atoms with Crippen LogP contribution in [0, 0.1) is 5.82 Å². The molecule has 4 rings (SSSR count). The van der Waals surface area contributed by atoms with E-state index in [0.29, 0.717) is 31.9 Å². The molecule has 3 saturated heterocycles. The minimum absolute atomic E-state index is 0.115. The average molecular weight is 390 g/mol. The van der Waals surface area contributed by atoms with E-state index in [2.05, 4.69) is 10.2 Å². The van der Waals surface area contributed by atoms with Crippen LogP contribution in [0.3, 0.4) is 0 Å². The second-order valence-electron chi connectivity index (χ2n) is 7.89. The largest absolute Gasteiger partial charge is 0.367 e. The van der Waals surface area contributed by atoms with Gasteiger partial charge in [-0.05, 0) is 37.5 Å². The third-order valence-corrected chi connectivity index (χ3v) is 6.23. The van der Waals surface area contributed by atoms with Crippen LogP contribution < -0.4 is 15.1 Å². The van der Waals surface area contributed by atoms with E-state index in [0.717, 1.165) is 44.4 Å². The summed E-state index contributed by atoms with van der Waals surface area (Å²) in [7, 11) is 0. The van der Waals surface area contributed by atoms with Crippen LogP contribution in [0.15, 0.2) is 18.2 Å². The Morgan fingerprint density at radius 1 is 1.36 bits per heavy atom. The molecule has 3 heterocycles. The van der Waals surface area contributed by atoms with Crippen LogP contribution in [0.5, 0.6) is 0 Å². The number of hydrogen-bond donors (Lipinski definition) is 1. The number of ether oxygens (including phenoxy) is 1. The monoisotopic (exact) mass is 390 g/mol. The van der Waals surface area contributed by atoms with Gasteiger partial charge in [0.2, 0.25) is 12.3 Å². The van der Waals surface area contributed by atoms with E-state index in [4.69, 9.17) is 4.74 Å². The van der Waals surface area contributed by atoms with Crippen molar-refractivity contribution in [2.24, 2.45) is 0 Å². The highest BCUT2D eigenvalue weighted by Gasteiger charge is 2.46. The zero-order chi connectivity index (χ0) is 19.7. The number of halogens is 1. The zero-order valence-electron chi connectivity index (χ0n) is 16.2. The normalized spacial score (nSPS) is 27.1. The molecule has 7 nitrogen and oxygen atoms in total. The summed E-state index contributed by atoms with van der Waals surface area (Å²) >= 11 is 0. The minimum atomic E-state index is -0.288. The molecule has 3 aliphatic rings. The lowest BCUT2D eigenvalue weighted by Crippen LogP contribution is -2.45. The highest BCUT2D eigenvalue weighted by molar-refractivity contribution is 5.73. The molecule has 28 heavy (non-hydrogen) atoms. The number of nitrogens with zero attached hydrogens (tertiary/aromatic N) is 3. The van der Waals surface area contributed by atoms with Gasteiger partial charge in [0.05, 0.1) is 24.4 Å². The molecule has 2 unspecified atom stereocenters. The Kier molecular flexibility index (Phi) is 5.14. The highest BCUT2D eigenvalue weighted by atomic mass is 19.1. The van der Waals surface area contributed by atoms with Crippen molar-refractivity contribution >= 4 is 23.7 Å². The van der Waals surface area contributed by atoms with E-state index in [9.17, 15) is 14.0 Å². The summed E-state index contributed by atoms with van der Waals surface area (Å²) in [5.74, 6) is -0.383. The number of carbonyl (C=O) groups is 2. The number of benzene rings is 1. The molecule has 2 amide bonds. The summed E-state index contributed by atoms with van der Waals surface area (Å²) in [5, 5.41) is 2.75. The third-order valence-electron chi connectivity index (χ3n) is 6.23. The summed E-state index contributed by atoms with van der Waals surface area (Å²) in [6, 6.07) is 5.27. The van der Waals surface area contributed by atoms with E-state index in [1.54, 1.807) is 6.07 Å². The molecule has 1 aromatic rings. The first kappa shape index (κ1) is 19.0. The van der Waals surface area contributed by atoms with Gasteiger partial charge in [-0.25, -0.2) is 4.39 Å². The van der Waals surface area contributed by atoms with Gasteiger partial charge in [-0.2, -0.15) is 0 Å². The highest BCUT2D eigenvalue weighted by Crippen LogP contribution is 2.39. The maximum absolute atomic E-state index is 15.0. The van der Waals surface area contributed by atoms with Gasteiger partial charge < -0.3 is 24.8 Å². The smallest absolute Gasteiger partial charge is 0.217 e. The Hall–Kier alpha value is -2.35. The molecule has 1 aromatic carbocycles. The van der Waals surface area contributed by atoms with E-state index >= 15 is 0 Å². The molecule has 0 bridgehead atoms. The van der Waals surface area contributed by atoms with Crippen molar-refractivity contribution in [2.45, 2.75) is 38.0 Å². The van der Waals surface area contributed by atoms with Crippen molar-refractivity contribution in [1.29, 1.82) is 0 Å². The van der Waals surface area contributed by atoms with Crippen LogP contribution in [-0.4, -0.2) is 68.3 Å². The molecule has 8 heteroatoms. The van der Waals surface area contributed by atoms with Crippen molar-refractivity contribution in [2.75, 3.05) is 49.1 Å². The third kappa shape index (κ3) is 3.41. The van der Waals surface area contributed by atoms with Crippen molar-refractivity contribution in [3.63, 3.8) is 0 Å². The Balaban J connectivity index is 1.48. The number of likely N-dealkylation sites (tertiary alicyclic amines) is 1. The summed E-state index contributed by atoms with van der Waals surface area (Å²) in [6.45, 7) is 5.26. The molecule has 1 N–H and O–H groups in total. The standard InChI is InChI=1S/C20H27FN4O3/c1-15(27)22-12-19-25(9-10-28-19)16-3-4-18(17(21)11-16)23-8-6-20(13-23)5-2-7-24(20)14-26/h3-4,11,14,19H,2,5-10,12-13H2,1H3,(H,22,27). The van der Waals surface area contributed by atoms with Crippen LogP contribution in [0.4, 0.5) is 15.8 Å². The number of nitrogens with one attached hydrogen (secondary N) is 1. The van der Waals surface area contributed by atoms with E-state index in [1.165, 1.54) is 6.92 Å². The molecule has 2 atom stereocenters. The lowest BCUT2D eigenvalue weighted by atomic mass is 9.96. The van der Waals surface area contributed by atoms with Gasteiger partial charge in [0.1, 0.15) is 12.0 Å². The number of carbonyl (C=O) groups excluding carboxylic acids is 2. The molecule has 3 aliphatic heterocycles. The van der Waals surface area contributed by atoms with Crippen LogP contribution >= 0.6 is 0 Å². The molecular formula is C20H27FN4O3. The first-order valence-electron chi connectivity index (χ1n) is 9.92. The SMILES string of the molecule is CC(=O)NCC1OCCN1c1ccc(N2CCC3(CCCN3C=O)C2)c(F)c1. The fourth-order valence-corrected chi connectivity index (χ4v) is 4.77. The average Bonchev–Trinajstić information content (AvgIpc) is 3.40. The summed E-state index contributed by atoms with van der Waals surface area (Å²) in [4.78, 5) is 28.5. The van der Waals surface area contributed by atoms with Crippen LogP contribution in [0.25, 0.3) is 0 Å². The molecule has 0 aromatic heterocycles. The zero-order valence-corrected chi connectivity index (χ0v) is 16.2. The first-order valence-corrected chi connectivity index (χ1v) is 9.92. The van der Waals surface area contributed by atoms with E-state index in [1.807, 2.05) is 21.9 Å². The van der Waals surface area contributed by atoms with Crippen molar-refractivity contribution in [1.82, 2.24) is 10.2 Å². The maximum atomic E-state index is 15.0. The minimum Gasteiger partial charge on any atom is -0.367 e. The van der Waals surface area contributed by atoms with Gasteiger partial charge >= 0.3 is 0 Å². The summed E-state index contributed by atoms with van der Waals surface area (Å²) in [5.41, 5.74) is 1.19. The fourth-order valence-electron chi connectivity index (χ4n) is 4.77. The molecule has 152 valence electrons. The molecule has 0 saturated carbocycles.